The first-order chi connectivity index (χ1) is 10.8. The minimum Gasteiger partial charge on any atom is -0.454 e. The number of hydrogen-bond acceptors (Lipinski definition) is 6. The van der Waals surface area contributed by atoms with Gasteiger partial charge in [-0.15, -0.1) is 5.10 Å². The zero-order chi connectivity index (χ0) is 14.9. The first-order valence-electron chi connectivity index (χ1n) is 6.96. The van der Waals surface area contributed by atoms with Gasteiger partial charge in [-0.3, -0.25) is 4.79 Å². The van der Waals surface area contributed by atoms with Crippen molar-refractivity contribution in [3.8, 4) is 11.5 Å². The number of fused-ring (bicyclic) bond motifs is 2. The highest BCUT2D eigenvalue weighted by atomic mass is 16.7. The van der Waals surface area contributed by atoms with Crippen molar-refractivity contribution in [3.05, 3.63) is 35.7 Å². The summed E-state index contributed by atoms with van der Waals surface area (Å²) in [5.74, 6) is 1.07. The predicted octanol–water partition coefficient (Wildman–Crippen LogP) is 0.336. The van der Waals surface area contributed by atoms with E-state index in [0.717, 1.165) is 5.69 Å². The standard InChI is InChI=1S/C14H14N4O4/c19-14(9-1-2-12-13(3-9)22-8-21-12)15-5-11-6-18-10(7-20-11)4-16-17-18/h1-4,11H,5-8H2,(H,15,19). The minimum atomic E-state index is -0.175. The molecular weight excluding hydrogens is 288 g/mol. The van der Waals surface area contributed by atoms with Crippen LogP contribution in [-0.2, 0) is 17.9 Å². The Hall–Kier alpha value is -2.61. The van der Waals surface area contributed by atoms with E-state index in [1.54, 1.807) is 29.1 Å². The molecule has 0 fully saturated rings. The van der Waals surface area contributed by atoms with Crippen LogP contribution in [0.1, 0.15) is 16.1 Å². The highest BCUT2D eigenvalue weighted by Crippen LogP contribution is 2.32. The molecule has 1 unspecified atom stereocenters. The molecule has 0 saturated carbocycles. The molecule has 2 aliphatic heterocycles. The molecule has 2 aromatic rings. The van der Waals surface area contributed by atoms with Crippen LogP contribution in [0.15, 0.2) is 24.4 Å². The fourth-order valence-electron chi connectivity index (χ4n) is 2.46. The van der Waals surface area contributed by atoms with Crippen molar-refractivity contribution in [1.82, 2.24) is 20.3 Å². The van der Waals surface area contributed by atoms with Crippen molar-refractivity contribution in [2.45, 2.75) is 19.3 Å². The van der Waals surface area contributed by atoms with Crippen molar-refractivity contribution in [2.24, 2.45) is 0 Å². The Morgan fingerprint density at radius 3 is 3.23 bits per heavy atom. The lowest BCUT2D eigenvalue weighted by molar-refractivity contribution is 0.00150. The highest BCUT2D eigenvalue weighted by molar-refractivity contribution is 5.94. The molecule has 0 spiro atoms. The lowest BCUT2D eigenvalue weighted by Gasteiger charge is -2.23. The van der Waals surface area contributed by atoms with E-state index in [-0.39, 0.29) is 18.8 Å². The van der Waals surface area contributed by atoms with Gasteiger partial charge in [-0.25, -0.2) is 4.68 Å². The Balaban J connectivity index is 1.37. The third kappa shape index (κ3) is 2.37. The highest BCUT2D eigenvalue weighted by Gasteiger charge is 2.21. The van der Waals surface area contributed by atoms with E-state index in [0.29, 0.717) is 36.8 Å². The van der Waals surface area contributed by atoms with Crippen LogP contribution in [0.5, 0.6) is 11.5 Å². The van der Waals surface area contributed by atoms with Gasteiger partial charge in [0.2, 0.25) is 6.79 Å². The van der Waals surface area contributed by atoms with E-state index >= 15 is 0 Å². The average Bonchev–Trinajstić information content (AvgIpc) is 3.19. The fraction of sp³-hybridized carbons (Fsp3) is 0.357. The van der Waals surface area contributed by atoms with Crippen molar-refractivity contribution in [2.75, 3.05) is 13.3 Å². The number of carbonyl (C=O) groups excluding carboxylic acids is 1. The van der Waals surface area contributed by atoms with Crippen LogP contribution >= 0.6 is 0 Å². The Kier molecular flexibility index (Phi) is 3.15. The summed E-state index contributed by atoms with van der Waals surface area (Å²) in [5.41, 5.74) is 1.47. The maximum atomic E-state index is 12.2. The van der Waals surface area contributed by atoms with Crippen LogP contribution in [0.4, 0.5) is 0 Å². The summed E-state index contributed by atoms with van der Waals surface area (Å²) in [5, 5.41) is 10.7. The summed E-state index contributed by atoms with van der Waals surface area (Å²) < 4.78 is 17.9. The van der Waals surface area contributed by atoms with Crippen LogP contribution in [0.2, 0.25) is 0 Å². The number of rotatable bonds is 3. The number of hydrogen-bond donors (Lipinski definition) is 1. The van der Waals surface area contributed by atoms with Gasteiger partial charge in [0.15, 0.2) is 11.5 Å². The molecule has 0 bridgehead atoms. The van der Waals surface area contributed by atoms with E-state index in [1.807, 2.05) is 0 Å². The molecule has 0 saturated heterocycles. The molecule has 1 aromatic heterocycles. The van der Waals surface area contributed by atoms with Crippen LogP contribution in [0, 0.1) is 0 Å². The minimum absolute atomic E-state index is 0.118. The van der Waals surface area contributed by atoms with Gasteiger partial charge in [0, 0.05) is 12.1 Å². The summed E-state index contributed by atoms with van der Waals surface area (Å²) in [6.45, 7) is 1.64. The summed E-state index contributed by atoms with van der Waals surface area (Å²) in [4.78, 5) is 12.2. The van der Waals surface area contributed by atoms with E-state index in [1.165, 1.54) is 0 Å². The van der Waals surface area contributed by atoms with Crippen molar-refractivity contribution in [3.63, 3.8) is 0 Å². The van der Waals surface area contributed by atoms with Crippen LogP contribution in [0.3, 0.4) is 0 Å². The summed E-state index contributed by atoms with van der Waals surface area (Å²) >= 11 is 0. The molecule has 1 amide bonds. The van der Waals surface area contributed by atoms with E-state index in [9.17, 15) is 4.79 Å². The van der Waals surface area contributed by atoms with E-state index < -0.39 is 0 Å². The SMILES string of the molecule is O=C(NCC1Cn2nncc2CO1)c1ccc2c(c1)OCO2. The van der Waals surface area contributed by atoms with Gasteiger partial charge in [0.05, 0.1) is 31.1 Å². The average molecular weight is 302 g/mol. The third-order valence-corrected chi connectivity index (χ3v) is 3.67. The molecule has 8 nitrogen and oxygen atoms in total. The number of benzene rings is 1. The van der Waals surface area contributed by atoms with Gasteiger partial charge >= 0.3 is 0 Å². The largest absolute Gasteiger partial charge is 0.454 e. The molecular formula is C14H14N4O4. The normalized spacial score (nSPS) is 18.8. The summed E-state index contributed by atoms with van der Waals surface area (Å²) in [7, 11) is 0. The van der Waals surface area contributed by atoms with Gasteiger partial charge in [0.25, 0.3) is 5.91 Å². The number of carbonyl (C=O) groups is 1. The topological polar surface area (TPSA) is 87.5 Å². The number of amides is 1. The molecule has 0 aliphatic carbocycles. The van der Waals surface area contributed by atoms with Crippen molar-refractivity contribution >= 4 is 5.91 Å². The number of nitrogens with zero attached hydrogens (tertiary/aromatic N) is 3. The quantitative estimate of drug-likeness (QED) is 0.879. The molecule has 0 radical (unpaired) electrons. The number of ether oxygens (including phenoxy) is 3. The van der Waals surface area contributed by atoms with Gasteiger partial charge < -0.3 is 19.5 Å². The second kappa shape index (κ2) is 5.30. The number of nitrogens with one attached hydrogen (secondary N) is 1. The van der Waals surface area contributed by atoms with Gasteiger partial charge in [-0.05, 0) is 18.2 Å². The third-order valence-electron chi connectivity index (χ3n) is 3.67. The first-order valence-corrected chi connectivity index (χ1v) is 6.96. The van der Waals surface area contributed by atoms with Crippen molar-refractivity contribution < 1.29 is 19.0 Å². The molecule has 3 heterocycles. The molecule has 4 rings (SSSR count). The predicted molar refractivity (Wildman–Crippen MR) is 73.5 cm³/mol. The molecule has 1 aromatic carbocycles. The summed E-state index contributed by atoms with van der Waals surface area (Å²) in [6, 6.07) is 5.12. The Labute approximate surface area is 126 Å². The van der Waals surface area contributed by atoms with Gasteiger partial charge in [0.1, 0.15) is 0 Å². The van der Waals surface area contributed by atoms with Crippen LogP contribution < -0.4 is 14.8 Å². The Morgan fingerprint density at radius 1 is 1.36 bits per heavy atom. The van der Waals surface area contributed by atoms with Crippen LogP contribution in [-0.4, -0.2) is 40.3 Å². The molecule has 1 N–H and O–H groups in total. The van der Waals surface area contributed by atoms with Crippen molar-refractivity contribution in [1.29, 1.82) is 0 Å². The number of aromatic nitrogens is 3. The monoisotopic (exact) mass is 302 g/mol. The van der Waals surface area contributed by atoms with E-state index in [2.05, 4.69) is 15.6 Å². The molecule has 8 heteroatoms. The lowest BCUT2D eigenvalue weighted by atomic mass is 10.2. The maximum Gasteiger partial charge on any atom is 0.251 e. The second-order valence-corrected chi connectivity index (χ2v) is 5.12. The fourth-order valence-corrected chi connectivity index (χ4v) is 2.46. The zero-order valence-corrected chi connectivity index (χ0v) is 11.7. The van der Waals surface area contributed by atoms with Gasteiger partial charge in [-0.2, -0.15) is 0 Å². The zero-order valence-electron chi connectivity index (χ0n) is 11.7. The smallest absolute Gasteiger partial charge is 0.251 e. The Bertz CT molecular complexity index is 715. The molecule has 22 heavy (non-hydrogen) atoms. The van der Waals surface area contributed by atoms with E-state index in [4.69, 9.17) is 14.2 Å². The molecule has 1 atom stereocenters. The summed E-state index contributed by atoms with van der Waals surface area (Å²) in [6.07, 6.45) is 1.56. The molecule has 114 valence electrons. The maximum absolute atomic E-state index is 12.2. The van der Waals surface area contributed by atoms with Crippen LogP contribution in [0.25, 0.3) is 0 Å². The van der Waals surface area contributed by atoms with Gasteiger partial charge in [-0.1, -0.05) is 5.21 Å². The second-order valence-electron chi connectivity index (χ2n) is 5.12. The first kappa shape index (κ1) is 13.1. The Morgan fingerprint density at radius 2 is 2.27 bits per heavy atom. The lowest BCUT2D eigenvalue weighted by Crippen LogP contribution is -2.39. The molecule has 2 aliphatic rings.